The molecule has 144 valence electrons. The molecule has 4 heteroatoms. The molecule has 0 N–H and O–H groups in total. The minimum absolute atomic E-state index is 0.207. The smallest absolute Gasteiger partial charge is 0.213 e. The number of allylic oxidation sites excluding steroid dienone is 1. The maximum absolute atomic E-state index is 12.8. The van der Waals surface area contributed by atoms with E-state index in [1.54, 1.807) is 18.6 Å². The van der Waals surface area contributed by atoms with Gasteiger partial charge in [-0.3, -0.25) is 0 Å². The lowest BCUT2D eigenvalue weighted by Gasteiger charge is -2.12. The van der Waals surface area contributed by atoms with Gasteiger partial charge in [0.1, 0.15) is 5.82 Å². The summed E-state index contributed by atoms with van der Waals surface area (Å²) < 4.78 is 14.6. The van der Waals surface area contributed by atoms with E-state index in [0.717, 1.165) is 17.6 Å². The Bertz CT molecular complexity index is 976. The molecule has 0 saturated carbocycles. The first kappa shape index (κ1) is 20.3. The number of aromatic nitrogens is 2. The molecule has 0 aliphatic heterocycles. The van der Waals surface area contributed by atoms with Crippen LogP contribution in [-0.4, -0.2) is 16.3 Å². The van der Waals surface area contributed by atoms with Crippen molar-refractivity contribution in [1.82, 2.24) is 9.55 Å². The molecule has 0 aliphatic rings. The number of rotatable bonds is 5. The molecule has 0 bridgehead atoms. The summed E-state index contributed by atoms with van der Waals surface area (Å²) in [4.78, 5) is 3.93. The van der Waals surface area contributed by atoms with Crippen LogP contribution in [0.15, 0.2) is 110 Å². The first-order chi connectivity index (χ1) is 14.2. The van der Waals surface area contributed by atoms with Gasteiger partial charge >= 0.3 is 0 Å². The molecule has 1 aromatic heterocycles. The molecular formula is C25H24BFN2. The first-order valence-corrected chi connectivity index (χ1v) is 9.64. The van der Waals surface area contributed by atoms with Crippen molar-refractivity contribution >= 4 is 17.6 Å². The van der Waals surface area contributed by atoms with E-state index < -0.39 is 0 Å². The monoisotopic (exact) mass is 382 g/mol. The van der Waals surface area contributed by atoms with E-state index in [1.165, 1.54) is 23.1 Å². The van der Waals surface area contributed by atoms with Gasteiger partial charge in [0, 0.05) is 18.1 Å². The van der Waals surface area contributed by atoms with Crippen molar-refractivity contribution in [1.29, 1.82) is 0 Å². The molecule has 1 heterocycles. The number of benzene rings is 3. The van der Waals surface area contributed by atoms with Crippen LogP contribution < -0.4 is 10.9 Å². The molecule has 0 atom stereocenters. The Morgan fingerprint density at radius 3 is 2.07 bits per heavy atom. The van der Waals surface area contributed by atoms with Crippen LogP contribution in [0.5, 0.6) is 0 Å². The van der Waals surface area contributed by atoms with Crippen molar-refractivity contribution < 1.29 is 4.39 Å². The molecule has 29 heavy (non-hydrogen) atoms. The van der Waals surface area contributed by atoms with E-state index in [-0.39, 0.29) is 5.82 Å². The highest BCUT2D eigenvalue weighted by atomic mass is 19.1. The van der Waals surface area contributed by atoms with E-state index in [9.17, 15) is 4.39 Å². The molecule has 0 radical (unpaired) electrons. The molecule has 2 nitrogen and oxygen atoms in total. The third-order valence-electron chi connectivity index (χ3n) is 4.75. The molecule has 0 amide bonds. The maximum Gasteiger partial charge on any atom is 0.213 e. The average Bonchev–Trinajstić information content (AvgIpc) is 3.28. The van der Waals surface area contributed by atoms with Crippen molar-refractivity contribution in [2.24, 2.45) is 0 Å². The molecule has 0 unspecified atom stereocenters. The van der Waals surface area contributed by atoms with Gasteiger partial charge in [-0.15, -0.1) is 6.58 Å². The quantitative estimate of drug-likeness (QED) is 0.358. The number of aryl methyl sites for hydroxylation is 1. The summed E-state index contributed by atoms with van der Waals surface area (Å²) in [5, 5.41) is 0. The lowest BCUT2D eigenvalue weighted by atomic mass is 9.39. The second-order valence-corrected chi connectivity index (χ2v) is 6.80. The number of hydrogen-bond acceptors (Lipinski definition) is 1. The van der Waals surface area contributed by atoms with E-state index in [2.05, 4.69) is 72.2 Å². The molecule has 0 saturated heterocycles. The van der Waals surface area contributed by atoms with Gasteiger partial charge in [-0.05, 0) is 37.0 Å². The highest BCUT2D eigenvalue weighted by molar-refractivity contribution is 6.85. The van der Waals surface area contributed by atoms with Crippen LogP contribution in [0.2, 0.25) is 6.32 Å². The Morgan fingerprint density at radius 2 is 1.59 bits per heavy atom. The van der Waals surface area contributed by atoms with E-state index in [0.29, 0.717) is 6.71 Å². The van der Waals surface area contributed by atoms with Crippen LogP contribution in [-0.2, 0) is 0 Å². The summed E-state index contributed by atoms with van der Waals surface area (Å²) in [6.45, 7) is 6.16. The third-order valence-corrected chi connectivity index (χ3v) is 4.75. The lowest BCUT2D eigenvalue weighted by Crippen LogP contribution is -2.41. The van der Waals surface area contributed by atoms with Crippen LogP contribution in [0.4, 0.5) is 4.39 Å². The maximum atomic E-state index is 12.8. The zero-order valence-electron chi connectivity index (χ0n) is 16.6. The van der Waals surface area contributed by atoms with E-state index in [1.807, 2.05) is 23.8 Å². The topological polar surface area (TPSA) is 17.8 Å². The molecule has 0 fully saturated rings. The molecule has 4 aromatic rings. The predicted molar refractivity (Wildman–Crippen MR) is 121 cm³/mol. The Labute approximate surface area is 172 Å². The van der Waals surface area contributed by atoms with Crippen molar-refractivity contribution in [3.8, 4) is 5.69 Å². The summed E-state index contributed by atoms with van der Waals surface area (Å²) in [6, 6.07) is 25.9. The average molecular weight is 382 g/mol. The van der Waals surface area contributed by atoms with Gasteiger partial charge in [0.25, 0.3) is 0 Å². The SMILES string of the molecule is C=CCB(c1ccccc1)c1ccccc1.Cc1cc(F)ccc1-n1ccnc1. The van der Waals surface area contributed by atoms with Gasteiger partial charge in [0.15, 0.2) is 0 Å². The van der Waals surface area contributed by atoms with Gasteiger partial charge in [0.2, 0.25) is 6.71 Å². The van der Waals surface area contributed by atoms with Crippen LogP contribution in [0.1, 0.15) is 5.56 Å². The Morgan fingerprint density at radius 1 is 0.966 bits per heavy atom. The fourth-order valence-corrected chi connectivity index (χ4v) is 3.31. The third kappa shape index (κ3) is 5.55. The molecule has 0 aliphatic carbocycles. The molecule has 4 rings (SSSR count). The minimum Gasteiger partial charge on any atom is -0.306 e. The van der Waals surface area contributed by atoms with Gasteiger partial charge in [-0.1, -0.05) is 77.7 Å². The summed E-state index contributed by atoms with van der Waals surface area (Å²) in [5.74, 6) is -0.207. The molecule has 0 spiro atoms. The number of imidazole rings is 1. The predicted octanol–water partition coefficient (Wildman–Crippen LogP) is 4.80. The standard InChI is InChI=1S/C15H15B.C10H9FN2/c1-2-13-16(14-9-5-3-6-10-14)15-11-7-4-8-12-15;1-8-6-9(11)2-3-10(8)13-5-4-12-7-13/h2-12H,1,13H2;2-7H,1H3. The highest BCUT2D eigenvalue weighted by Crippen LogP contribution is 2.14. The van der Waals surface area contributed by atoms with Crippen LogP contribution in [0, 0.1) is 12.7 Å². The first-order valence-electron chi connectivity index (χ1n) is 9.64. The van der Waals surface area contributed by atoms with E-state index >= 15 is 0 Å². The minimum atomic E-state index is -0.207. The Kier molecular flexibility index (Phi) is 7.18. The van der Waals surface area contributed by atoms with Crippen molar-refractivity contribution in [2.75, 3.05) is 0 Å². The van der Waals surface area contributed by atoms with Crippen LogP contribution >= 0.6 is 0 Å². The van der Waals surface area contributed by atoms with Crippen molar-refractivity contribution in [3.63, 3.8) is 0 Å². The molecule has 3 aromatic carbocycles. The Balaban J connectivity index is 0.000000169. The largest absolute Gasteiger partial charge is 0.306 e. The van der Waals surface area contributed by atoms with Gasteiger partial charge < -0.3 is 4.57 Å². The number of halogens is 1. The summed E-state index contributed by atoms with van der Waals surface area (Å²) in [5.41, 5.74) is 4.57. The van der Waals surface area contributed by atoms with Crippen LogP contribution in [0.3, 0.4) is 0 Å². The lowest BCUT2D eigenvalue weighted by molar-refractivity contribution is 0.626. The van der Waals surface area contributed by atoms with Crippen LogP contribution in [0.25, 0.3) is 5.69 Å². The van der Waals surface area contributed by atoms with Crippen molar-refractivity contribution in [3.05, 3.63) is 122 Å². The molecular weight excluding hydrogens is 358 g/mol. The second-order valence-electron chi connectivity index (χ2n) is 6.80. The zero-order valence-corrected chi connectivity index (χ0v) is 16.6. The van der Waals surface area contributed by atoms with Gasteiger partial charge in [-0.25, -0.2) is 9.37 Å². The van der Waals surface area contributed by atoms with Gasteiger partial charge in [0.05, 0.1) is 6.33 Å². The normalized spacial score (nSPS) is 10.0. The zero-order chi connectivity index (χ0) is 20.5. The summed E-state index contributed by atoms with van der Waals surface area (Å²) >= 11 is 0. The Hall–Kier alpha value is -3.40. The number of hydrogen-bond donors (Lipinski definition) is 0. The van der Waals surface area contributed by atoms with Crippen molar-refractivity contribution in [2.45, 2.75) is 13.2 Å². The second kappa shape index (κ2) is 10.2. The summed E-state index contributed by atoms with van der Waals surface area (Å²) in [6.07, 6.45) is 8.20. The highest BCUT2D eigenvalue weighted by Gasteiger charge is 2.16. The summed E-state index contributed by atoms with van der Waals surface area (Å²) in [7, 11) is 0. The van der Waals surface area contributed by atoms with E-state index in [4.69, 9.17) is 0 Å². The fraction of sp³-hybridized carbons (Fsp3) is 0.0800. The number of nitrogens with zero attached hydrogens (tertiary/aromatic N) is 2. The fourth-order valence-electron chi connectivity index (χ4n) is 3.31. The van der Waals surface area contributed by atoms with Gasteiger partial charge in [-0.2, -0.15) is 0 Å².